The van der Waals surface area contributed by atoms with Gasteiger partial charge in [-0.25, -0.2) is 9.97 Å². The maximum absolute atomic E-state index is 12.7. The Bertz CT molecular complexity index is 865. The highest BCUT2D eigenvalue weighted by Gasteiger charge is 2.36. The summed E-state index contributed by atoms with van der Waals surface area (Å²) in [7, 11) is 0. The quantitative estimate of drug-likeness (QED) is 0.795. The van der Waals surface area contributed by atoms with Gasteiger partial charge in [-0.3, -0.25) is 9.78 Å². The van der Waals surface area contributed by atoms with Gasteiger partial charge in [-0.2, -0.15) is 0 Å². The molecule has 29 heavy (non-hydrogen) atoms. The number of aromatic nitrogens is 3. The lowest BCUT2D eigenvalue weighted by Crippen LogP contribution is -2.40. The van der Waals surface area contributed by atoms with Crippen LogP contribution in [0.25, 0.3) is 11.1 Å². The van der Waals surface area contributed by atoms with Gasteiger partial charge in [0.05, 0.1) is 18.9 Å². The van der Waals surface area contributed by atoms with Crippen molar-refractivity contribution >= 4 is 11.9 Å². The van der Waals surface area contributed by atoms with E-state index < -0.39 is 0 Å². The fourth-order valence-corrected chi connectivity index (χ4v) is 4.35. The fourth-order valence-electron chi connectivity index (χ4n) is 4.35. The van der Waals surface area contributed by atoms with E-state index in [0.717, 1.165) is 74.6 Å². The van der Waals surface area contributed by atoms with Crippen LogP contribution >= 0.6 is 0 Å². The molecule has 2 saturated heterocycles. The number of anilines is 1. The molecule has 152 valence electrons. The lowest BCUT2D eigenvalue weighted by atomic mass is 9.90. The predicted octanol–water partition coefficient (Wildman–Crippen LogP) is 2.49. The minimum atomic E-state index is 0.226. The smallest absolute Gasteiger partial charge is 0.225 e. The van der Waals surface area contributed by atoms with Crippen molar-refractivity contribution in [1.82, 2.24) is 19.9 Å². The molecule has 1 unspecified atom stereocenters. The molecule has 5 rings (SSSR count). The van der Waals surface area contributed by atoms with Crippen molar-refractivity contribution in [3.63, 3.8) is 0 Å². The number of pyridine rings is 1. The highest BCUT2D eigenvalue weighted by Crippen LogP contribution is 2.37. The molecule has 2 aromatic heterocycles. The van der Waals surface area contributed by atoms with Gasteiger partial charge in [-0.1, -0.05) is 6.07 Å². The van der Waals surface area contributed by atoms with E-state index in [2.05, 4.69) is 25.8 Å². The van der Waals surface area contributed by atoms with Crippen LogP contribution < -0.4 is 4.90 Å². The summed E-state index contributed by atoms with van der Waals surface area (Å²) in [6.45, 7) is 4.65. The van der Waals surface area contributed by atoms with Gasteiger partial charge >= 0.3 is 0 Å². The van der Waals surface area contributed by atoms with Gasteiger partial charge in [-0.15, -0.1) is 0 Å². The summed E-state index contributed by atoms with van der Waals surface area (Å²) in [4.78, 5) is 30.9. The van der Waals surface area contributed by atoms with Crippen molar-refractivity contribution in [1.29, 1.82) is 0 Å². The molecule has 0 bridgehead atoms. The van der Waals surface area contributed by atoms with Crippen LogP contribution in [0.5, 0.6) is 0 Å². The second-order valence-corrected chi connectivity index (χ2v) is 8.21. The topological polar surface area (TPSA) is 71.5 Å². The second kappa shape index (κ2) is 8.06. The largest absolute Gasteiger partial charge is 0.378 e. The Hall–Kier alpha value is -2.54. The van der Waals surface area contributed by atoms with Crippen LogP contribution in [0.3, 0.4) is 0 Å². The van der Waals surface area contributed by atoms with Crippen molar-refractivity contribution < 1.29 is 9.53 Å². The van der Waals surface area contributed by atoms with Crippen LogP contribution in [0.4, 0.5) is 5.95 Å². The highest BCUT2D eigenvalue weighted by molar-refractivity contribution is 5.81. The number of hydrogen-bond donors (Lipinski definition) is 0. The number of hydrogen-bond acceptors (Lipinski definition) is 6. The molecular formula is C22H27N5O2. The molecular weight excluding hydrogens is 366 g/mol. The average molecular weight is 393 g/mol. The molecule has 0 aromatic carbocycles. The van der Waals surface area contributed by atoms with E-state index in [9.17, 15) is 4.79 Å². The van der Waals surface area contributed by atoms with Gasteiger partial charge in [0.25, 0.3) is 0 Å². The van der Waals surface area contributed by atoms with E-state index in [1.165, 1.54) is 0 Å². The third-order valence-corrected chi connectivity index (χ3v) is 6.12. The first-order valence-electron chi connectivity index (χ1n) is 10.7. The molecule has 0 radical (unpaired) electrons. The Balaban J connectivity index is 1.48. The Morgan fingerprint density at radius 1 is 1.10 bits per heavy atom. The predicted molar refractivity (Wildman–Crippen MR) is 110 cm³/mol. The zero-order valence-electron chi connectivity index (χ0n) is 16.7. The number of piperidine rings is 1. The van der Waals surface area contributed by atoms with Crippen LogP contribution in [0.2, 0.25) is 0 Å². The highest BCUT2D eigenvalue weighted by atomic mass is 16.5. The van der Waals surface area contributed by atoms with E-state index in [1.54, 1.807) is 6.20 Å². The number of ether oxygens (including phenoxy) is 1. The van der Waals surface area contributed by atoms with E-state index in [4.69, 9.17) is 9.72 Å². The summed E-state index contributed by atoms with van der Waals surface area (Å²) in [5, 5.41) is 0. The molecule has 1 amide bonds. The second-order valence-electron chi connectivity index (χ2n) is 8.21. The van der Waals surface area contributed by atoms with Crippen LogP contribution in [-0.2, 0) is 9.53 Å². The van der Waals surface area contributed by atoms with E-state index in [1.807, 2.05) is 18.5 Å². The maximum atomic E-state index is 12.7. The molecule has 1 aliphatic carbocycles. The van der Waals surface area contributed by atoms with Crippen molar-refractivity contribution in [3.05, 3.63) is 36.4 Å². The van der Waals surface area contributed by atoms with E-state index >= 15 is 0 Å². The first-order chi connectivity index (χ1) is 14.3. The molecule has 1 atom stereocenters. The zero-order chi connectivity index (χ0) is 19.6. The van der Waals surface area contributed by atoms with Crippen molar-refractivity contribution in [2.75, 3.05) is 44.3 Å². The third kappa shape index (κ3) is 3.96. The van der Waals surface area contributed by atoms with Gasteiger partial charge < -0.3 is 14.5 Å². The van der Waals surface area contributed by atoms with Crippen molar-refractivity contribution in [2.45, 2.75) is 31.6 Å². The van der Waals surface area contributed by atoms with Gasteiger partial charge in [0.15, 0.2) is 0 Å². The third-order valence-electron chi connectivity index (χ3n) is 6.12. The monoisotopic (exact) mass is 393 g/mol. The molecule has 2 aromatic rings. The number of carbonyl (C=O) groups excluding carboxylic acids is 1. The first-order valence-corrected chi connectivity index (χ1v) is 10.7. The Morgan fingerprint density at radius 3 is 2.72 bits per heavy atom. The molecule has 3 aliphatic rings. The maximum Gasteiger partial charge on any atom is 0.225 e. The lowest BCUT2D eigenvalue weighted by Gasteiger charge is -2.34. The van der Waals surface area contributed by atoms with Crippen LogP contribution in [0, 0.1) is 5.92 Å². The summed E-state index contributed by atoms with van der Waals surface area (Å²) in [5.74, 6) is 1.59. The van der Waals surface area contributed by atoms with Gasteiger partial charge in [0.1, 0.15) is 0 Å². The van der Waals surface area contributed by atoms with Crippen molar-refractivity contribution in [3.8, 4) is 11.1 Å². The molecule has 7 heteroatoms. The number of amides is 1. The Labute approximate surface area is 171 Å². The Morgan fingerprint density at radius 2 is 1.97 bits per heavy atom. The number of carbonyl (C=O) groups is 1. The van der Waals surface area contributed by atoms with E-state index in [0.29, 0.717) is 19.1 Å². The summed E-state index contributed by atoms with van der Waals surface area (Å²) in [6.07, 6.45) is 9.75. The first kappa shape index (κ1) is 18.5. The minimum Gasteiger partial charge on any atom is -0.378 e. The van der Waals surface area contributed by atoms with Gasteiger partial charge in [0.2, 0.25) is 11.9 Å². The van der Waals surface area contributed by atoms with Crippen LogP contribution in [-0.4, -0.2) is 65.2 Å². The summed E-state index contributed by atoms with van der Waals surface area (Å²) in [5.41, 5.74) is 3.10. The average Bonchev–Trinajstić information content (AvgIpc) is 3.65. The standard InChI is InChI=1S/C22H27N5O2/c28-21(16-5-6-16)27-8-2-4-18(15-27)20-19(17-3-1-7-23-13-17)14-24-22(25-20)26-9-11-29-12-10-26/h1,3,7,13-14,16,18H,2,4-6,8-12,15H2. The molecule has 4 heterocycles. The summed E-state index contributed by atoms with van der Waals surface area (Å²) in [6, 6.07) is 4.00. The number of likely N-dealkylation sites (tertiary alicyclic amines) is 1. The minimum absolute atomic E-state index is 0.226. The zero-order valence-corrected chi connectivity index (χ0v) is 16.7. The molecule has 3 fully saturated rings. The molecule has 7 nitrogen and oxygen atoms in total. The molecule has 1 saturated carbocycles. The summed E-state index contributed by atoms with van der Waals surface area (Å²) >= 11 is 0. The van der Waals surface area contributed by atoms with Crippen LogP contribution in [0.1, 0.15) is 37.3 Å². The molecule has 2 aliphatic heterocycles. The van der Waals surface area contributed by atoms with E-state index in [-0.39, 0.29) is 11.8 Å². The normalized spacial score (nSPS) is 22.6. The number of nitrogens with zero attached hydrogens (tertiary/aromatic N) is 5. The molecule has 0 spiro atoms. The van der Waals surface area contributed by atoms with Gasteiger partial charge in [-0.05, 0) is 31.7 Å². The lowest BCUT2D eigenvalue weighted by molar-refractivity contribution is -0.133. The van der Waals surface area contributed by atoms with Gasteiger partial charge in [0, 0.05) is 67.7 Å². The summed E-state index contributed by atoms with van der Waals surface area (Å²) < 4.78 is 5.48. The van der Waals surface area contributed by atoms with Crippen molar-refractivity contribution in [2.24, 2.45) is 5.92 Å². The SMILES string of the molecule is O=C(C1CC1)N1CCCC(c2nc(N3CCOCC3)ncc2-c2cccnc2)C1. The molecule has 0 N–H and O–H groups in total. The number of rotatable bonds is 4. The fraction of sp³-hybridized carbons (Fsp3) is 0.545. The number of morpholine rings is 1. The Kier molecular flexibility index (Phi) is 5.14. The van der Waals surface area contributed by atoms with Crippen LogP contribution in [0.15, 0.2) is 30.7 Å².